The Morgan fingerprint density at radius 1 is 1.17 bits per heavy atom. The molecule has 7 heteroatoms. The summed E-state index contributed by atoms with van der Waals surface area (Å²) in [6, 6.07) is 13.0. The zero-order valence-corrected chi connectivity index (χ0v) is 12.4. The Balaban J connectivity index is 1.86. The molecule has 1 amide bonds. The van der Waals surface area contributed by atoms with E-state index < -0.39 is 24.3 Å². The number of hydrogen-bond donors (Lipinski definition) is 1. The van der Waals surface area contributed by atoms with Gasteiger partial charge in [0.05, 0.1) is 17.2 Å². The minimum Gasteiger partial charge on any atom is -0.484 e. The van der Waals surface area contributed by atoms with Gasteiger partial charge in [-0.05, 0) is 35.9 Å². The largest absolute Gasteiger partial charge is 0.484 e. The summed E-state index contributed by atoms with van der Waals surface area (Å²) in [5.74, 6) is -0.513. The van der Waals surface area contributed by atoms with Crippen LogP contribution in [-0.2, 0) is 17.5 Å². The molecule has 0 aliphatic rings. The molecule has 4 nitrogen and oxygen atoms in total. The summed E-state index contributed by atoms with van der Waals surface area (Å²) in [6.07, 6.45) is -4.46. The molecule has 0 bridgehead atoms. The molecular formula is C17H13F3N2O2. The van der Waals surface area contributed by atoms with Gasteiger partial charge < -0.3 is 10.1 Å². The fraction of sp³-hybridized carbons (Fsp3) is 0.176. The number of carbonyl (C=O) groups excluding carboxylic acids is 1. The van der Waals surface area contributed by atoms with Crippen LogP contribution in [0.15, 0.2) is 48.5 Å². The predicted octanol–water partition coefficient (Wildman–Crippen LogP) is 3.27. The minimum atomic E-state index is -4.46. The van der Waals surface area contributed by atoms with Crippen LogP contribution >= 0.6 is 0 Å². The second kappa shape index (κ2) is 7.51. The first-order chi connectivity index (χ1) is 11.4. The Morgan fingerprint density at radius 2 is 1.92 bits per heavy atom. The zero-order valence-electron chi connectivity index (χ0n) is 12.4. The van der Waals surface area contributed by atoms with E-state index in [1.165, 1.54) is 12.1 Å². The van der Waals surface area contributed by atoms with Crippen LogP contribution in [0.25, 0.3) is 0 Å². The molecule has 0 spiro atoms. The Hall–Kier alpha value is -3.01. The van der Waals surface area contributed by atoms with Gasteiger partial charge in [0.2, 0.25) is 0 Å². The van der Waals surface area contributed by atoms with Crippen LogP contribution in [0.1, 0.15) is 16.7 Å². The van der Waals surface area contributed by atoms with E-state index >= 15 is 0 Å². The minimum absolute atomic E-state index is 0.0357. The van der Waals surface area contributed by atoms with Gasteiger partial charge in [-0.3, -0.25) is 4.79 Å². The van der Waals surface area contributed by atoms with Gasteiger partial charge in [-0.1, -0.05) is 18.2 Å². The Kier molecular flexibility index (Phi) is 5.42. The first-order valence-electron chi connectivity index (χ1n) is 6.94. The molecule has 0 aliphatic heterocycles. The lowest BCUT2D eigenvalue weighted by atomic mass is 10.1. The second-order valence-electron chi connectivity index (χ2n) is 4.90. The second-order valence-corrected chi connectivity index (χ2v) is 4.90. The van der Waals surface area contributed by atoms with Gasteiger partial charge in [0.25, 0.3) is 5.91 Å². The van der Waals surface area contributed by atoms with E-state index in [9.17, 15) is 18.0 Å². The fourth-order valence-corrected chi connectivity index (χ4v) is 1.91. The first kappa shape index (κ1) is 17.3. The van der Waals surface area contributed by atoms with Crippen molar-refractivity contribution in [3.63, 3.8) is 0 Å². The lowest BCUT2D eigenvalue weighted by molar-refractivity contribution is -0.137. The van der Waals surface area contributed by atoms with Crippen molar-refractivity contribution in [3.05, 3.63) is 65.2 Å². The Morgan fingerprint density at radius 3 is 2.62 bits per heavy atom. The number of alkyl halides is 3. The van der Waals surface area contributed by atoms with Crippen molar-refractivity contribution in [1.82, 2.24) is 5.32 Å². The summed E-state index contributed by atoms with van der Waals surface area (Å²) in [4.78, 5) is 11.7. The number of carbonyl (C=O) groups is 1. The van der Waals surface area contributed by atoms with Crippen molar-refractivity contribution in [2.24, 2.45) is 0 Å². The molecule has 0 aromatic heterocycles. The van der Waals surface area contributed by atoms with Crippen molar-refractivity contribution in [2.45, 2.75) is 12.7 Å². The Bertz CT molecular complexity index is 767. The summed E-state index contributed by atoms with van der Waals surface area (Å²) in [6.45, 7) is -0.209. The van der Waals surface area contributed by atoms with Crippen molar-refractivity contribution in [1.29, 1.82) is 5.26 Å². The molecule has 0 unspecified atom stereocenters. The molecule has 0 heterocycles. The van der Waals surface area contributed by atoms with Crippen molar-refractivity contribution in [2.75, 3.05) is 6.61 Å². The van der Waals surface area contributed by atoms with Gasteiger partial charge in [0.15, 0.2) is 6.61 Å². The molecule has 0 fully saturated rings. The number of nitrogens with zero attached hydrogens (tertiary/aromatic N) is 1. The van der Waals surface area contributed by atoms with Crippen molar-refractivity contribution in [3.8, 4) is 11.8 Å². The molecule has 0 aliphatic carbocycles. The summed E-state index contributed by atoms with van der Waals surface area (Å²) < 4.78 is 42.8. The SMILES string of the molecule is N#Cc1cccc(CNC(=O)COc2cccc(C(F)(F)F)c2)c1. The standard InChI is InChI=1S/C17H13F3N2O2/c18-17(19,20)14-5-2-6-15(8-14)24-11-16(23)22-10-13-4-1-3-12(7-13)9-21/h1-8H,10-11H2,(H,22,23). The van der Waals surface area contributed by atoms with Gasteiger partial charge in [-0.15, -0.1) is 0 Å². The van der Waals surface area contributed by atoms with Crippen LogP contribution in [0.5, 0.6) is 5.75 Å². The molecular weight excluding hydrogens is 321 g/mol. The maximum atomic E-state index is 12.6. The van der Waals surface area contributed by atoms with Crippen LogP contribution in [0.4, 0.5) is 13.2 Å². The molecule has 124 valence electrons. The van der Waals surface area contributed by atoms with Gasteiger partial charge >= 0.3 is 6.18 Å². The third-order valence-corrected chi connectivity index (χ3v) is 3.08. The molecule has 1 N–H and O–H groups in total. The van der Waals surface area contributed by atoms with Crippen LogP contribution in [0.2, 0.25) is 0 Å². The third-order valence-electron chi connectivity index (χ3n) is 3.08. The van der Waals surface area contributed by atoms with E-state index in [1.54, 1.807) is 24.3 Å². The summed E-state index contributed by atoms with van der Waals surface area (Å²) in [7, 11) is 0. The van der Waals surface area contributed by atoms with E-state index in [1.807, 2.05) is 6.07 Å². The van der Waals surface area contributed by atoms with Crippen LogP contribution < -0.4 is 10.1 Å². The van der Waals surface area contributed by atoms with Gasteiger partial charge in [-0.2, -0.15) is 18.4 Å². The van der Waals surface area contributed by atoms with Gasteiger partial charge in [0, 0.05) is 6.54 Å². The lowest BCUT2D eigenvalue weighted by Crippen LogP contribution is -2.28. The van der Waals surface area contributed by atoms with Crippen LogP contribution in [0.3, 0.4) is 0 Å². The van der Waals surface area contributed by atoms with E-state index in [2.05, 4.69) is 5.32 Å². The van der Waals surface area contributed by atoms with E-state index in [0.717, 1.165) is 17.7 Å². The number of hydrogen-bond acceptors (Lipinski definition) is 3. The fourth-order valence-electron chi connectivity index (χ4n) is 1.91. The number of amides is 1. The highest BCUT2D eigenvalue weighted by molar-refractivity contribution is 5.77. The summed E-state index contributed by atoms with van der Waals surface area (Å²) >= 11 is 0. The molecule has 2 aromatic carbocycles. The lowest BCUT2D eigenvalue weighted by Gasteiger charge is -2.10. The van der Waals surface area contributed by atoms with E-state index in [0.29, 0.717) is 5.56 Å². The van der Waals surface area contributed by atoms with Gasteiger partial charge in [-0.25, -0.2) is 0 Å². The highest BCUT2D eigenvalue weighted by Crippen LogP contribution is 2.31. The average molecular weight is 334 g/mol. The maximum absolute atomic E-state index is 12.6. The molecule has 0 radical (unpaired) electrons. The van der Waals surface area contributed by atoms with E-state index in [4.69, 9.17) is 10.00 Å². The topological polar surface area (TPSA) is 62.1 Å². The van der Waals surface area contributed by atoms with Crippen molar-refractivity contribution < 1.29 is 22.7 Å². The average Bonchev–Trinajstić information content (AvgIpc) is 2.58. The number of halogens is 3. The zero-order chi connectivity index (χ0) is 17.6. The number of rotatable bonds is 5. The quantitative estimate of drug-likeness (QED) is 0.913. The van der Waals surface area contributed by atoms with Crippen molar-refractivity contribution >= 4 is 5.91 Å². The summed E-state index contributed by atoms with van der Waals surface area (Å²) in [5, 5.41) is 11.4. The Labute approximate surface area is 136 Å². The molecule has 0 saturated heterocycles. The normalized spacial score (nSPS) is 10.8. The smallest absolute Gasteiger partial charge is 0.416 e. The molecule has 0 saturated carbocycles. The molecule has 2 rings (SSSR count). The third kappa shape index (κ3) is 5.02. The first-order valence-corrected chi connectivity index (χ1v) is 6.94. The molecule has 0 atom stereocenters. The summed E-state index contributed by atoms with van der Waals surface area (Å²) in [5.41, 5.74) is 0.372. The molecule has 2 aromatic rings. The van der Waals surface area contributed by atoms with Crippen LogP contribution in [-0.4, -0.2) is 12.5 Å². The molecule has 24 heavy (non-hydrogen) atoms. The maximum Gasteiger partial charge on any atom is 0.416 e. The number of nitrogens with one attached hydrogen (secondary N) is 1. The number of nitriles is 1. The van der Waals surface area contributed by atoms with E-state index in [-0.39, 0.29) is 12.3 Å². The monoisotopic (exact) mass is 334 g/mol. The predicted molar refractivity (Wildman–Crippen MR) is 79.9 cm³/mol. The highest BCUT2D eigenvalue weighted by atomic mass is 19.4. The van der Waals surface area contributed by atoms with Crippen LogP contribution in [0, 0.1) is 11.3 Å². The van der Waals surface area contributed by atoms with Gasteiger partial charge in [0.1, 0.15) is 5.75 Å². The number of benzene rings is 2. The number of ether oxygens (including phenoxy) is 1. The highest BCUT2D eigenvalue weighted by Gasteiger charge is 2.30.